The van der Waals surface area contributed by atoms with Gasteiger partial charge in [-0.1, -0.05) is 24.6 Å². The number of rotatable bonds is 10. The van der Waals surface area contributed by atoms with Crippen molar-refractivity contribution in [2.45, 2.75) is 19.9 Å². The van der Waals surface area contributed by atoms with Crippen LogP contribution in [0.25, 0.3) is 0 Å². The molecule has 1 N–H and O–H groups in total. The highest BCUT2D eigenvalue weighted by atomic mass is 35.5. The van der Waals surface area contributed by atoms with E-state index in [1.54, 1.807) is 12.3 Å². The fourth-order valence-corrected chi connectivity index (χ4v) is 2.60. The Morgan fingerprint density at radius 2 is 2.36 bits per heavy atom. The van der Waals surface area contributed by atoms with Crippen LogP contribution in [0.1, 0.15) is 18.9 Å². The van der Waals surface area contributed by atoms with Gasteiger partial charge in [0.1, 0.15) is 10.2 Å². The summed E-state index contributed by atoms with van der Waals surface area (Å²) >= 11 is 7.22. The summed E-state index contributed by atoms with van der Waals surface area (Å²) in [4.78, 5) is 16.3. The first-order chi connectivity index (χ1) is 10.5. The average molecular weight is 345 g/mol. The molecule has 0 fully saturated rings. The molecule has 0 saturated carbocycles. The summed E-state index contributed by atoms with van der Waals surface area (Å²) < 4.78 is 0. The predicted molar refractivity (Wildman–Crippen MR) is 91.4 cm³/mol. The topological polar surface area (TPSA) is 71.3 Å². The fraction of sp³-hybridized carbons (Fsp3) is 0.500. The Bertz CT molecular complexity index is 496. The lowest BCUT2D eigenvalue weighted by molar-refractivity contribution is -0.403. The van der Waals surface area contributed by atoms with Gasteiger partial charge in [0.05, 0.1) is 4.92 Å². The van der Waals surface area contributed by atoms with Gasteiger partial charge in [-0.05, 0) is 30.9 Å². The van der Waals surface area contributed by atoms with Gasteiger partial charge in [0.2, 0.25) is 0 Å². The second kappa shape index (κ2) is 10.4. The maximum Gasteiger partial charge on any atom is 0.263 e. The van der Waals surface area contributed by atoms with Crippen LogP contribution >= 0.6 is 23.4 Å². The Labute approximate surface area is 140 Å². The fourth-order valence-electron chi connectivity index (χ4n) is 1.70. The molecule has 0 saturated heterocycles. The van der Waals surface area contributed by atoms with Crippen molar-refractivity contribution in [1.82, 2.24) is 15.2 Å². The molecule has 0 bridgehead atoms. The van der Waals surface area contributed by atoms with Gasteiger partial charge in [-0.2, -0.15) is 0 Å². The third kappa shape index (κ3) is 8.21. The van der Waals surface area contributed by atoms with Crippen LogP contribution in [0.3, 0.4) is 0 Å². The first kappa shape index (κ1) is 18.7. The monoisotopic (exact) mass is 344 g/mol. The van der Waals surface area contributed by atoms with E-state index in [0.717, 1.165) is 37.0 Å². The number of nitrogens with one attached hydrogen (secondary N) is 1. The predicted octanol–water partition coefficient (Wildman–Crippen LogP) is 2.98. The van der Waals surface area contributed by atoms with E-state index in [2.05, 4.69) is 15.2 Å². The van der Waals surface area contributed by atoms with Crippen molar-refractivity contribution < 1.29 is 4.92 Å². The van der Waals surface area contributed by atoms with E-state index in [0.29, 0.717) is 16.7 Å². The Morgan fingerprint density at radius 1 is 1.59 bits per heavy atom. The molecule has 0 radical (unpaired) electrons. The quantitative estimate of drug-likeness (QED) is 0.399. The maximum absolute atomic E-state index is 10.6. The van der Waals surface area contributed by atoms with Crippen molar-refractivity contribution >= 4 is 23.4 Å². The second-order valence-corrected chi connectivity index (χ2v) is 6.30. The molecule has 6 nitrogen and oxygen atoms in total. The molecule has 0 spiro atoms. The number of likely N-dealkylation sites (N-methyl/N-ethyl adjacent to an activating group) is 1. The summed E-state index contributed by atoms with van der Waals surface area (Å²) in [6, 6.07) is 3.71. The Hall–Kier alpha value is -1.31. The third-order valence-corrected chi connectivity index (χ3v) is 4.11. The van der Waals surface area contributed by atoms with Crippen molar-refractivity contribution in [3.05, 3.63) is 50.4 Å². The molecule has 8 heteroatoms. The molecule has 0 aromatic carbocycles. The first-order valence-corrected chi connectivity index (χ1v) is 8.38. The van der Waals surface area contributed by atoms with Crippen LogP contribution in [0.2, 0.25) is 5.15 Å². The number of nitrogens with zero attached hydrogens (tertiary/aromatic N) is 3. The van der Waals surface area contributed by atoms with Gasteiger partial charge in [0.15, 0.2) is 0 Å². The van der Waals surface area contributed by atoms with E-state index in [1.165, 1.54) is 11.8 Å². The highest BCUT2D eigenvalue weighted by Gasteiger charge is 2.05. The van der Waals surface area contributed by atoms with Gasteiger partial charge in [-0.3, -0.25) is 10.1 Å². The zero-order valence-electron chi connectivity index (χ0n) is 12.8. The number of thioether (sulfide) groups is 1. The zero-order chi connectivity index (χ0) is 16.4. The Balaban J connectivity index is 2.37. The van der Waals surface area contributed by atoms with E-state index < -0.39 is 4.92 Å². The van der Waals surface area contributed by atoms with Crippen molar-refractivity contribution in [1.29, 1.82) is 0 Å². The van der Waals surface area contributed by atoms with Crippen LogP contribution < -0.4 is 5.32 Å². The van der Waals surface area contributed by atoms with E-state index in [4.69, 9.17) is 11.6 Å². The molecule has 22 heavy (non-hydrogen) atoms. The number of pyridine rings is 1. The first-order valence-electron chi connectivity index (χ1n) is 7.02. The van der Waals surface area contributed by atoms with Gasteiger partial charge in [-0.15, -0.1) is 11.8 Å². The summed E-state index contributed by atoms with van der Waals surface area (Å²) in [7, 11) is 1.99. The molecule has 0 aliphatic carbocycles. The molecule has 1 heterocycles. The van der Waals surface area contributed by atoms with Crippen LogP contribution in [-0.2, 0) is 6.54 Å². The molecule has 1 rings (SSSR count). The van der Waals surface area contributed by atoms with Crippen molar-refractivity contribution in [2.75, 3.05) is 25.9 Å². The molecule has 1 aromatic rings. The van der Waals surface area contributed by atoms with Gasteiger partial charge >= 0.3 is 0 Å². The molecular formula is C14H21ClN4O2S. The second-order valence-electron chi connectivity index (χ2n) is 4.78. The number of halogens is 1. The minimum Gasteiger partial charge on any atom is -0.374 e. The molecule has 0 unspecified atom stereocenters. The molecule has 0 aliphatic heterocycles. The van der Waals surface area contributed by atoms with Crippen LogP contribution in [0.4, 0.5) is 0 Å². The highest BCUT2D eigenvalue weighted by Crippen LogP contribution is 2.13. The maximum atomic E-state index is 10.6. The normalized spacial score (nSPS) is 11.7. The Morgan fingerprint density at radius 3 is 2.95 bits per heavy atom. The zero-order valence-corrected chi connectivity index (χ0v) is 14.4. The van der Waals surface area contributed by atoms with Crippen LogP contribution in [0, 0.1) is 10.1 Å². The standard InChI is InChI=1S/C14H21ClN4O2S/c1-3-8-22-14(11-19(20)21)16-6-7-18(2)10-12-4-5-13(15)17-9-12/h4-5,9,11,16H,3,6-8,10H2,1-2H3/b14-11+. The average Bonchev–Trinajstić information content (AvgIpc) is 2.46. The molecule has 0 atom stereocenters. The summed E-state index contributed by atoms with van der Waals surface area (Å²) in [6.07, 6.45) is 3.76. The number of hydrogen-bond donors (Lipinski definition) is 1. The molecule has 0 aliphatic rings. The lowest BCUT2D eigenvalue weighted by Gasteiger charge is -2.17. The third-order valence-electron chi connectivity index (χ3n) is 2.72. The smallest absolute Gasteiger partial charge is 0.263 e. The lowest BCUT2D eigenvalue weighted by Crippen LogP contribution is -2.28. The number of nitro groups is 1. The van der Waals surface area contributed by atoms with Gasteiger partial charge in [-0.25, -0.2) is 4.98 Å². The van der Waals surface area contributed by atoms with Gasteiger partial charge in [0, 0.05) is 25.8 Å². The molecular weight excluding hydrogens is 324 g/mol. The number of hydrogen-bond acceptors (Lipinski definition) is 6. The van der Waals surface area contributed by atoms with Crippen molar-refractivity contribution in [3.8, 4) is 0 Å². The molecule has 1 aromatic heterocycles. The largest absolute Gasteiger partial charge is 0.374 e. The van der Waals surface area contributed by atoms with Crippen molar-refractivity contribution in [3.63, 3.8) is 0 Å². The van der Waals surface area contributed by atoms with E-state index in [1.807, 2.05) is 20.0 Å². The van der Waals surface area contributed by atoms with Crippen LogP contribution in [0.5, 0.6) is 0 Å². The van der Waals surface area contributed by atoms with E-state index >= 15 is 0 Å². The van der Waals surface area contributed by atoms with Crippen LogP contribution in [-0.4, -0.2) is 40.7 Å². The Kier molecular flexibility index (Phi) is 8.88. The number of aromatic nitrogens is 1. The SMILES string of the molecule is CCCS/C(=C/[N+](=O)[O-])NCCN(C)Cc1ccc(Cl)nc1. The summed E-state index contributed by atoms with van der Waals surface area (Å²) in [5.41, 5.74) is 1.08. The van der Waals surface area contributed by atoms with Gasteiger partial charge < -0.3 is 10.2 Å². The summed E-state index contributed by atoms with van der Waals surface area (Å²) in [5.74, 6) is 0.860. The van der Waals surface area contributed by atoms with Crippen LogP contribution in [0.15, 0.2) is 29.6 Å². The molecule has 122 valence electrons. The molecule has 0 amide bonds. The van der Waals surface area contributed by atoms with Gasteiger partial charge in [0.25, 0.3) is 6.20 Å². The summed E-state index contributed by atoms with van der Waals surface area (Å²) in [6.45, 7) is 4.21. The minimum atomic E-state index is -0.423. The van der Waals surface area contributed by atoms with E-state index in [-0.39, 0.29) is 0 Å². The van der Waals surface area contributed by atoms with E-state index in [9.17, 15) is 10.1 Å². The van der Waals surface area contributed by atoms with Crippen molar-refractivity contribution in [2.24, 2.45) is 0 Å². The minimum absolute atomic E-state index is 0.423. The highest BCUT2D eigenvalue weighted by molar-refractivity contribution is 8.03. The summed E-state index contributed by atoms with van der Waals surface area (Å²) in [5, 5.41) is 14.8. The lowest BCUT2D eigenvalue weighted by atomic mass is 10.3.